The SMILES string of the molecule is CSCC[C@H]1NC(=O)c2cc(NC(=O)CC3(n4cccc4)CCCCC3)ccc2NC1=O. The average molecular weight is 455 g/mol. The van der Waals surface area contributed by atoms with Crippen LogP contribution in [0.15, 0.2) is 42.7 Å². The van der Waals surface area contributed by atoms with Gasteiger partial charge in [0.25, 0.3) is 5.91 Å². The van der Waals surface area contributed by atoms with Gasteiger partial charge >= 0.3 is 0 Å². The van der Waals surface area contributed by atoms with Crippen LogP contribution in [0.1, 0.15) is 55.3 Å². The van der Waals surface area contributed by atoms with E-state index in [-0.39, 0.29) is 23.3 Å². The molecule has 1 aromatic heterocycles. The van der Waals surface area contributed by atoms with Gasteiger partial charge in [-0.3, -0.25) is 14.4 Å². The summed E-state index contributed by atoms with van der Waals surface area (Å²) in [6.07, 6.45) is 12.4. The Balaban J connectivity index is 1.48. The van der Waals surface area contributed by atoms with Gasteiger partial charge in [-0.1, -0.05) is 19.3 Å². The van der Waals surface area contributed by atoms with E-state index in [0.29, 0.717) is 29.8 Å². The predicted octanol–water partition coefficient (Wildman–Crippen LogP) is 3.98. The number of nitrogens with zero attached hydrogens (tertiary/aromatic N) is 1. The lowest BCUT2D eigenvalue weighted by molar-refractivity contribution is -0.119. The van der Waals surface area contributed by atoms with Crippen molar-refractivity contribution in [3.05, 3.63) is 48.3 Å². The number of rotatable bonds is 7. The van der Waals surface area contributed by atoms with Gasteiger partial charge in [0.2, 0.25) is 11.8 Å². The van der Waals surface area contributed by atoms with Gasteiger partial charge in [-0.05, 0) is 61.6 Å². The zero-order valence-corrected chi connectivity index (χ0v) is 19.2. The van der Waals surface area contributed by atoms with E-state index < -0.39 is 6.04 Å². The number of carbonyl (C=O) groups excluding carboxylic acids is 3. The molecule has 7 nitrogen and oxygen atoms in total. The van der Waals surface area contributed by atoms with Crippen molar-refractivity contribution in [1.29, 1.82) is 0 Å². The van der Waals surface area contributed by atoms with Crippen LogP contribution in [0.25, 0.3) is 0 Å². The fraction of sp³-hybridized carbons (Fsp3) is 0.458. The number of nitrogens with one attached hydrogen (secondary N) is 3. The van der Waals surface area contributed by atoms with Crippen LogP contribution in [-0.4, -0.2) is 40.3 Å². The summed E-state index contributed by atoms with van der Waals surface area (Å²) in [4.78, 5) is 38.2. The highest BCUT2D eigenvalue weighted by Gasteiger charge is 2.35. The second-order valence-electron chi connectivity index (χ2n) is 8.66. The summed E-state index contributed by atoms with van der Waals surface area (Å²) in [6, 6.07) is 8.49. The van der Waals surface area contributed by atoms with E-state index in [4.69, 9.17) is 0 Å². The Morgan fingerprint density at radius 1 is 1.19 bits per heavy atom. The van der Waals surface area contributed by atoms with E-state index in [1.807, 2.05) is 30.8 Å². The lowest BCUT2D eigenvalue weighted by atomic mass is 9.78. The highest BCUT2D eigenvalue weighted by molar-refractivity contribution is 7.98. The van der Waals surface area contributed by atoms with E-state index in [1.165, 1.54) is 6.42 Å². The minimum Gasteiger partial charge on any atom is -0.348 e. The molecule has 1 aromatic carbocycles. The summed E-state index contributed by atoms with van der Waals surface area (Å²) in [5.41, 5.74) is 1.18. The molecule has 0 unspecified atom stereocenters. The van der Waals surface area contributed by atoms with Crippen LogP contribution in [0.3, 0.4) is 0 Å². The number of amides is 3. The van der Waals surface area contributed by atoms with Gasteiger partial charge in [-0.2, -0.15) is 11.8 Å². The molecule has 1 aliphatic heterocycles. The Morgan fingerprint density at radius 2 is 1.94 bits per heavy atom. The molecule has 8 heteroatoms. The molecule has 0 bridgehead atoms. The summed E-state index contributed by atoms with van der Waals surface area (Å²) in [5.74, 6) is 0.182. The molecule has 0 spiro atoms. The number of hydrogen-bond donors (Lipinski definition) is 3. The van der Waals surface area contributed by atoms with Crippen LogP contribution in [0.4, 0.5) is 11.4 Å². The quantitative estimate of drug-likeness (QED) is 0.590. The zero-order valence-electron chi connectivity index (χ0n) is 18.4. The van der Waals surface area contributed by atoms with Gasteiger partial charge in [0.1, 0.15) is 6.04 Å². The Bertz CT molecular complexity index is 983. The van der Waals surface area contributed by atoms with Crippen molar-refractivity contribution in [3.8, 4) is 0 Å². The Morgan fingerprint density at radius 3 is 2.66 bits per heavy atom. The molecule has 1 aliphatic carbocycles. The first-order valence-corrected chi connectivity index (χ1v) is 12.6. The van der Waals surface area contributed by atoms with Gasteiger partial charge in [-0.25, -0.2) is 0 Å². The zero-order chi connectivity index (χ0) is 22.6. The lowest BCUT2D eigenvalue weighted by Crippen LogP contribution is -2.41. The maximum atomic E-state index is 13.0. The molecule has 1 saturated carbocycles. The van der Waals surface area contributed by atoms with Gasteiger partial charge < -0.3 is 20.5 Å². The monoisotopic (exact) mass is 454 g/mol. The molecule has 3 N–H and O–H groups in total. The fourth-order valence-electron chi connectivity index (χ4n) is 4.77. The van der Waals surface area contributed by atoms with Crippen LogP contribution in [0, 0.1) is 0 Å². The largest absolute Gasteiger partial charge is 0.348 e. The van der Waals surface area contributed by atoms with E-state index in [2.05, 4.69) is 20.5 Å². The molecule has 2 heterocycles. The van der Waals surface area contributed by atoms with Crippen LogP contribution in [-0.2, 0) is 15.1 Å². The van der Waals surface area contributed by atoms with Crippen LogP contribution < -0.4 is 16.0 Å². The van der Waals surface area contributed by atoms with Crippen molar-refractivity contribution in [3.63, 3.8) is 0 Å². The first-order valence-electron chi connectivity index (χ1n) is 11.2. The van der Waals surface area contributed by atoms with Gasteiger partial charge in [0.05, 0.1) is 23.2 Å². The normalized spacial score (nSPS) is 20.0. The minimum absolute atomic E-state index is 0.0727. The number of hydrogen-bond acceptors (Lipinski definition) is 4. The second kappa shape index (κ2) is 9.81. The topological polar surface area (TPSA) is 92.2 Å². The molecule has 32 heavy (non-hydrogen) atoms. The number of fused-ring (bicyclic) bond motifs is 1. The fourth-order valence-corrected chi connectivity index (χ4v) is 5.24. The maximum Gasteiger partial charge on any atom is 0.254 e. The summed E-state index contributed by atoms with van der Waals surface area (Å²) < 4.78 is 2.18. The second-order valence-corrected chi connectivity index (χ2v) is 9.64. The summed E-state index contributed by atoms with van der Waals surface area (Å²) >= 11 is 1.63. The smallest absolute Gasteiger partial charge is 0.254 e. The molecule has 2 aromatic rings. The summed E-state index contributed by atoms with van der Waals surface area (Å²) in [5, 5.41) is 8.62. The van der Waals surface area contributed by atoms with Crippen molar-refractivity contribution in [2.45, 2.75) is 56.5 Å². The molecule has 0 saturated heterocycles. The lowest BCUT2D eigenvalue weighted by Gasteiger charge is -2.38. The standard InChI is InChI=1S/C24H30N4O3S/c1-32-14-9-20-23(31)26-19-8-7-17(15-18(19)22(30)27-20)25-21(29)16-24(10-3-2-4-11-24)28-12-5-6-13-28/h5-8,12-13,15,20H,2-4,9-11,14,16H2,1H3,(H,25,29)(H,26,31)(H,27,30)/t20-/m1/s1. The number of carbonyl (C=O) groups is 3. The summed E-state index contributed by atoms with van der Waals surface area (Å²) in [6.45, 7) is 0. The molecule has 170 valence electrons. The number of aromatic nitrogens is 1. The van der Waals surface area contributed by atoms with Gasteiger partial charge in [0.15, 0.2) is 0 Å². The van der Waals surface area contributed by atoms with Crippen molar-refractivity contribution in [2.24, 2.45) is 0 Å². The Labute approximate surface area is 192 Å². The van der Waals surface area contributed by atoms with Crippen molar-refractivity contribution < 1.29 is 14.4 Å². The van der Waals surface area contributed by atoms with E-state index in [0.717, 1.165) is 31.4 Å². The molecule has 1 atom stereocenters. The van der Waals surface area contributed by atoms with Crippen LogP contribution in [0.2, 0.25) is 0 Å². The Hall–Kier alpha value is -2.74. The van der Waals surface area contributed by atoms with Gasteiger partial charge in [0, 0.05) is 18.1 Å². The van der Waals surface area contributed by atoms with E-state index in [9.17, 15) is 14.4 Å². The number of thioether (sulfide) groups is 1. The summed E-state index contributed by atoms with van der Waals surface area (Å²) in [7, 11) is 0. The molecular formula is C24H30N4O3S. The third-order valence-corrected chi connectivity index (χ3v) is 7.11. The van der Waals surface area contributed by atoms with Crippen molar-refractivity contribution >= 4 is 40.9 Å². The van der Waals surface area contributed by atoms with Gasteiger partial charge in [-0.15, -0.1) is 0 Å². The first kappa shape index (κ1) is 22.5. The number of benzene rings is 1. The molecule has 1 fully saturated rings. The maximum absolute atomic E-state index is 13.0. The predicted molar refractivity (Wildman–Crippen MR) is 128 cm³/mol. The third-order valence-electron chi connectivity index (χ3n) is 6.46. The van der Waals surface area contributed by atoms with Crippen molar-refractivity contribution in [1.82, 2.24) is 9.88 Å². The highest BCUT2D eigenvalue weighted by Crippen LogP contribution is 2.38. The van der Waals surface area contributed by atoms with Crippen molar-refractivity contribution in [2.75, 3.05) is 22.6 Å². The molecule has 0 radical (unpaired) electrons. The van der Waals surface area contributed by atoms with E-state index in [1.54, 1.807) is 30.0 Å². The molecule has 2 aliphatic rings. The number of anilines is 2. The average Bonchev–Trinajstić information content (AvgIpc) is 3.30. The molecule has 3 amide bonds. The van der Waals surface area contributed by atoms with Crippen LogP contribution >= 0.6 is 11.8 Å². The minimum atomic E-state index is -0.562. The van der Waals surface area contributed by atoms with Crippen LogP contribution in [0.5, 0.6) is 0 Å². The third kappa shape index (κ3) is 4.85. The molecule has 4 rings (SSSR count). The first-order chi connectivity index (χ1) is 15.5. The molecular weight excluding hydrogens is 424 g/mol. The Kier molecular flexibility index (Phi) is 6.89. The van der Waals surface area contributed by atoms with E-state index >= 15 is 0 Å². The highest BCUT2D eigenvalue weighted by atomic mass is 32.2.